The molecule has 6 N–H and O–H groups in total. The van der Waals surface area contributed by atoms with Crippen molar-refractivity contribution in [2.45, 2.75) is 63.1 Å². The van der Waals surface area contributed by atoms with E-state index in [1.54, 1.807) is 6.92 Å². The van der Waals surface area contributed by atoms with E-state index in [9.17, 15) is 10.2 Å². The maximum Gasteiger partial charge on any atom is 0.157 e. The predicted molar refractivity (Wildman–Crippen MR) is 97.4 cm³/mol. The van der Waals surface area contributed by atoms with E-state index < -0.39 is 11.7 Å². The lowest BCUT2D eigenvalue weighted by Crippen LogP contribution is -2.56. The Morgan fingerprint density at radius 2 is 2.20 bits per heavy atom. The van der Waals surface area contributed by atoms with Crippen LogP contribution in [0.4, 0.5) is 0 Å². The molecule has 0 aromatic heterocycles. The topological polar surface area (TPSA) is 114 Å². The Morgan fingerprint density at radius 1 is 1.44 bits per heavy atom. The summed E-state index contributed by atoms with van der Waals surface area (Å²) in [6.45, 7) is 4.10. The number of amidine groups is 1. The Bertz CT molecular complexity index is 674. The molecule has 6 nitrogen and oxygen atoms in total. The van der Waals surface area contributed by atoms with E-state index >= 15 is 0 Å². The Hall–Kier alpha value is -1.79. The molecule has 2 aliphatic carbocycles. The standard InChI is InChI=1S/C19H29N3O3/c1-3-19-11-18(2,24)16(23)9-13(19)5-4-12-8-14(6-7-15(12)19)25-10-17(20)22-21/h6-8,13,16,23-24H,3-5,9-11,21H2,1-2H3,(H2,20,22)/t13?,16?,18-,19?/m1/s1. The molecule has 1 aromatic carbocycles. The zero-order valence-electron chi connectivity index (χ0n) is 15.0. The van der Waals surface area contributed by atoms with Gasteiger partial charge in [0.2, 0.25) is 0 Å². The molecule has 0 spiro atoms. The molecule has 1 fully saturated rings. The van der Waals surface area contributed by atoms with Crippen molar-refractivity contribution < 1.29 is 14.9 Å². The third-order valence-electron chi connectivity index (χ3n) is 6.24. The molecule has 138 valence electrons. The molecular formula is C19H29N3O3. The first kappa shape index (κ1) is 18.0. The van der Waals surface area contributed by atoms with Crippen LogP contribution in [-0.2, 0) is 11.8 Å². The van der Waals surface area contributed by atoms with E-state index in [1.165, 1.54) is 11.1 Å². The van der Waals surface area contributed by atoms with Crippen LogP contribution < -0.4 is 16.3 Å². The predicted octanol–water partition coefficient (Wildman–Crippen LogP) is 1.41. The highest BCUT2D eigenvalue weighted by Gasteiger charge is 2.53. The van der Waals surface area contributed by atoms with E-state index in [0.717, 1.165) is 25.0 Å². The number of hydrogen-bond donors (Lipinski definition) is 4. The molecule has 4 atom stereocenters. The molecule has 2 aliphatic rings. The number of benzene rings is 1. The van der Waals surface area contributed by atoms with Gasteiger partial charge in [0, 0.05) is 5.41 Å². The van der Waals surface area contributed by atoms with Crippen LogP contribution in [0.25, 0.3) is 0 Å². The van der Waals surface area contributed by atoms with E-state index in [1.807, 2.05) is 6.07 Å². The van der Waals surface area contributed by atoms with Gasteiger partial charge in [0.25, 0.3) is 0 Å². The lowest BCUT2D eigenvalue weighted by Gasteiger charge is -2.54. The van der Waals surface area contributed by atoms with Crippen LogP contribution in [0, 0.1) is 5.92 Å². The summed E-state index contributed by atoms with van der Waals surface area (Å²) in [6.07, 6.45) is 3.50. The number of aliphatic hydroxyl groups is 2. The summed E-state index contributed by atoms with van der Waals surface area (Å²) >= 11 is 0. The molecule has 3 rings (SSSR count). The number of nitrogens with zero attached hydrogens (tertiary/aromatic N) is 1. The molecule has 0 heterocycles. The van der Waals surface area contributed by atoms with E-state index in [-0.39, 0.29) is 17.9 Å². The summed E-state index contributed by atoms with van der Waals surface area (Å²) in [6, 6.07) is 6.12. The first-order chi connectivity index (χ1) is 11.8. The second-order valence-electron chi connectivity index (χ2n) is 7.76. The number of ether oxygens (including phenoxy) is 1. The van der Waals surface area contributed by atoms with Crippen LogP contribution in [0.2, 0.25) is 0 Å². The molecule has 0 amide bonds. The average molecular weight is 347 g/mol. The smallest absolute Gasteiger partial charge is 0.157 e. The first-order valence-corrected chi connectivity index (χ1v) is 9.01. The highest BCUT2D eigenvalue weighted by molar-refractivity contribution is 5.81. The molecule has 25 heavy (non-hydrogen) atoms. The van der Waals surface area contributed by atoms with Crippen LogP contribution in [-0.4, -0.2) is 34.4 Å². The van der Waals surface area contributed by atoms with Crippen molar-refractivity contribution in [3.8, 4) is 5.75 Å². The maximum atomic E-state index is 10.7. The number of hydrogen-bond acceptors (Lipinski definition) is 5. The van der Waals surface area contributed by atoms with E-state index in [0.29, 0.717) is 18.8 Å². The Morgan fingerprint density at radius 3 is 2.88 bits per heavy atom. The highest BCUT2D eigenvalue weighted by atomic mass is 16.5. The largest absolute Gasteiger partial charge is 0.486 e. The summed E-state index contributed by atoms with van der Waals surface area (Å²) in [4.78, 5) is 0. The molecule has 0 bridgehead atoms. The lowest BCUT2D eigenvalue weighted by molar-refractivity contribution is -0.130. The summed E-state index contributed by atoms with van der Waals surface area (Å²) < 4.78 is 5.66. The summed E-state index contributed by atoms with van der Waals surface area (Å²) in [7, 11) is 0. The van der Waals surface area contributed by atoms with Gasteiger partial charge in [-0.15, -0.1) is 0 Å². The third kappa shape index (κ3) is 3.09. The minimum Gasteiger partial charge on any atom is -0.486 e. The number of aliphatic hydroxyl groups excluding tert-OH is 1. The van der Waals surface area contributed by atoms with Crippen molar-refractivity contribution in [3.05, 3.63) is 29.3 Å². The third-order valence-corrected chi connectivity index (χ3v) is 6.24. The van der Waals surface area contributed by atoms with Crippen LogP contribution in [0.15, 0.2) is 23.3 Å². The van der Waals surface area contributed by atoms with Gasteiger partial charge in [0.1, 0.15) is 12.4 Å². The zero-order valence-corrected chi connectivity index (χ0v) is 15.0. The first-order valence-electron chi connectivity index (χ1n) is 9.01. The Kier molecular flexibility index (Phi) is 4.68. The summed E-state index contributed by atoms with van der Waals surface area (Å²) in [5, 5.41) is 24.4. The minimum absolute atomic E-state index is 0.0907. The molecule has 1 aromatic rings. The minimum atomic E-state index is -1.05. The van der Waals surface area contributed by atoms with Gasteiger partial charge in [0.05, 0.1) is 11.7 Å². The number of aryl methyl sites for hydroxylation is 1. The fraction of sp³-hybridized carbons (Fsp3) is 0.632. The second-order valence-corrected chi connectivity index (χ2v) is 7.76. The average Bonchev–Trinajstić information content (AvgIpc) is 2.60. The van der Waals surface area contributed by atoms with Gasteiger partial charge in [-0.05, 0) is 68.2 Å². The SMILES string of the molecule is CCC12C[C@@](C)(O)C(O)CC1CCc1cc(OC/C(N)=N/N)ccc12. The quantitative estimate of drug-likeness (QED) is 0.285. The molecule has 0 radical (unpaired) electrons. The van der Waals surface area contributed by atoms with Gasteiger partial charge in [0.15, 0.2) is 5.84 Å². The fourth-order valence-electron chi connectivity index (χ4n) is 4.84. The van der Waals surface area contributed by atoms with Crippen molar-refractivity contribution in [3.63, 3.8) is 0 Å². The fourth-order valence-corrected chi connectivity index (χ4v) is 4.84. The second kappa shape index (κ2) is 6.50. The van der Waals surface area contributed by atoms with Crippen LogP contribution in [0.5, 0.6) is 5.75 Å². The zero-order chi connectivity index (χ0) is 18.2. The summed E-state index contributed by atoms with van der Waals surface area (Å²) in [5.41, 5.74) is 6.98. The normalized spacial score (nSPS) is 35.0. The van der Waals surface area contributed by atoms with Crippen molar-refractivity contribution in [2.24, 2.45) is 22.6 Å². The van der Waals surface area contributed by atoms with Gasteiger partial charge in [-0.1, -0.05) is 13.0 Å². The van der Waals surface area contributed by atoms with E-state index in [2.05, 4.69) is 24.2 Å². The van der Waals surface area contributed by atoms with Gasteiger partial charge >= 0.3 is 0 Å². The van der Waals surface area contributed by atoms with Crippen molar-refractivity contribution in [2.75, 3.05) is 6.61 Å². The monoisotopic (exact) mass is 347 g/mol. The Labute approximate surface area is 148 Å². The molecular weight excluding hydrogens is 318 g/mol. The van der Waals surface area contributed by atoms with Gasteiger partial charge in [-0.2, -0.15) is 5.10 Å². The van der Waals surface area contributed by atoms with Crippen molar-refractivity contribution >= 4 is 5.84 Å². The molecule has 1 saturated carbocycles. The number of fused-ring (bicyclic) bond motifs is 3. The van der Waals surface area contributed by atoms with Crippen LogP contribution in [0.1, 0.15) is 50.7 Å². The lowest BCUT2D eigenvalue weighted by atomic mass is 9.52. The van der Waals surface area contributed by atoms with Crippen LogP contribution >= 0.6 is 0 Å². The highest BCUT2D eigenvalue weighted by Crippen LogP contribution is 2.54. The van der Waals surface area contributed by atoms with Crippen molar-refractivity contribution in [1.29, 1.82) is 0 Å². The Balaban J connectivity index is 1.93. The molecule has 0 saturated heterocycles. The van der Waals surface area contributed by atoms with Gasteiger partial charge in [-0.25, -0.2) is 0 Å². The van der Waals surface area contributed by atoms with Crippen molar-refractivity contribution in [1.82, 2.24) is 0 Å². The van der Waals surface area contributed by atoms with Crippen LogP contribution in [0.3, 0.4) is 0 Å². The van der Waals surface area contributed by atoms with Gasteiger partial charge in [-0.3, -0.25) is 0 Å². The van der Waals surface area contributed by atoms with Gasteiger partial charge < -0.3 is 26.5 Å². The number of rotatable bonds is 4. The summed E-state index contributed by atoms with van der Waals surface area (Å²) in [5.74, 6) is 6.52. The molecule has 3 unspecified atom stereocenters. The number of nitrogens with two attached hydrogens (primary N) is 2. The molecule has 0 aliphatic heterocycles. The molecule has 6 heteroatoms. The number of hydrazone groups is 1. The van der Waals surface area contributed by atoms with E-state index in [4.69, 9.17) is 16.3 Å². The maximum absolute atomic E-state index is 10.7.